The maximum Gasteiger partial charge on any atom is 0.573 e. The first-order chi connectivity index (χ1) is 18.8. The molecular weight excluding hydrogens is 536 g/mol. The fraction of sp³-hybridized carbons (Fsp3) is 0.231. The van der Waals surface area contributed by atoms with E-state index in [1.807, 2.05) is 0 Å². The first kappa shape index (κ1) is 26.9. The van der Waals surface area contributed by atoms with Crippen LogP contribution >= 0.6 is 0 Å². The molecule has 1 aliphatic rings. The standard InChI is InChI=1S/C26H22F4N6O4/c1-24(16-7-3-5-9-18(16)39-22-15-11-12-35(2)21(15)32-14-33-22)13-20(37)36(34-25(24,27)23(31)38)17-8-4-6-10-19(17)40-26(28,29)30/h3-12,14,34H,13H2,1-2H3,(H2,31,38). The van der Waals surface area contributed by atoms with E-state index in [1.54, 1.807) is 36.0 Å². The van der Waals surface area contributed by atoms with Crippen molar-refractivity contribution in [3.05, 3.63) is 72.7 Å². The summed E-state index contributed by atoms with van der Waals surface area (Å²) in [5.74, 6) is -6.13. The van der Waals surface area contributed by atoms with Crippen LogP contribution in [0.2, 0.25) is 0 Å². The molecule has 10 nitrogen and oxygen atoms in total. The number of ether oxygens (including phenoxy) is 2. The van der Waals surface area contributed by atoms with Crippen LogP contribution in [0.25, 0.3) is 11.0 Å². The normalized spacial score (nSPS) is 21.4. The number of aromatic nitrogens is 3. The van der Waals surface area contributed by atoms with Gasteiger partial charge in [-0.05, 0) is 31.2 Å². The predicted octanol–water partition coefficient (Wildman–Crippen LogP) is 4.01. The van der Waals surface area contributed by atoms with Gasteiger partial charge in [-0.2, -0.15) is 5.43 Å². The lowest BCUT2D eigenvalue weighted by Crippen LogP contribution is -2.73. The van der Waals surface area contributed by atoms with Crippen LogP contribution in [0.5, 0.6) is 17.4 Å². The van der Waals surface area contributed by atoms with E-state index < -0.39 is 47.2 Å². The Balaban J connectivity index is 1.58. The molecule has 40 heavy (non-hydrogen) atoms. The molecule has 1 aliphatic heterocycles. The van der Waals surface area contributed by atoms with Gasteiger partial charge in [0.05, 0.1) is 10.8 Å². The summed E-state index contributed by atoms with van der Waals surface area (Å²) in [7, 11) is 1.78. The van der Waals surface area contributed by atoms with Crippen molar-refractivity contribution in [2.75, 3.05) is 5.01 Å². The number of nitrogens with two attached hydrogens (primary N) is 1. The van der Waals surface area contributed by atoms with E-state index >= 15 is 4.39 Å². The fourth-order valence-corrected chi connectivity index (χ4v) is 4.75. The smallest absolute Gasteiger partial charge is 0.438 e. The molecule has 14 heteroatoms. The summed E-state index contributed by atoms with van der Waals surface area (Å²) in [6.45, 7) is 1.29. The summed E-state index contributed by atoms with van der Waals surface area (Å²) < 4.78 is 67.7. The minimum atomic E-state index is -5.10. The summed E-state index contributed by atoms with van der Waals surface area (Å²) in [6, 6.07) is 12.5. The molecule has 4 aromatic rings. The van der Waals surface area contributed by atoms with Crippen molar-refractivity contribution in [2.45, 2.75) is 30.9 Å². The highest BCUT2D eigenvalue weighted by atomic mass is 19.4. The average molecular weight is 558 g/mol. The maximum absolute atomic E-state index is 16.9. The van der Waals surface area contributed by atoms with Gasteiger partial charge in [-0.15, -0.1) is 13.2 Å². The second kappa shape index (κ2) is 9.48. The molecule has 2 aromatic heterocycles. The highest BCUT2D eigenvalue weighted by Crippen LogP contribution is 2.48. The molecule has 2 unspecified atom stereocenters. The summed E-state index contributed by atoms with van der Waals surface area (Å²) in [5.41, 5.74) is 5.88. The molecule has 0 aliphatic carbocycles. The topological polar surface area (TPSA) is 125 Å². The van der Waals surface area contributed by atoms with Gasteiger partial charge >= 0.3 is 6.36 Å². The number of benzene rings is 2. The minimum absolute atomic E-state index is 0.0704. The average Bonchev–Trinajstić information content (AvgIpc) is 3.27. The quantitative estimate of drug-likeness (QED) is 0.271. The number of nitrogens with one attached hydrogen (secondary N) is 1. The van der Waals surface area contributed by atoms with Crippen LogP contribution in [0, 0.1) is 0 Å². The van der Waals surface area contributed by atoms with Crippen molar-refractivity contribution in [3.8, 4) is 17.4 Å². The number of halogens is 4. The zero-order chi connectivity index (χ0) is 28.9. The van der Waals surface area contributed by atoms with Crippen molar-refractivity contribution in [2.24, 2.45) is 12.8 Å². The van der Waals surface area contributed by atoms with E-state index in [4.69, 9.17) is 10.5 Å². The Hall–Kier alpha value is -4.72. The number of aryl methyl sites for hydroxylation is 1. The van der Waals surface area contributed by atoms with Crippen LogP contribution in [0.1, 0.15) is 18.9 Å². The number of carbonyl (C=O) groups is 2. The highest BCUT2D eigenvalue weighted by Gasteiger charge is 2.62. The number of alkyl halides is 4. The molecule has 5 rings (SSSR count). The Morgan fingerprint density at radius 1 is 1.07 bits per heavy atom. The molecule has 1 saturated heterocycles. The van der Waals surface area contributed by atoms with Crippen LogP contribution < -0.4 is 25.6 Å². The number of amides is 2. The number of nitrogens with zero attached hydrogens (tertiary/aromatic N) is 4. The zero-order valence-electron chi connectivity index (χ0n) is 21.1. The number of hydrazine groups is 1. The Bertz CT molecular complexity index is 1630. The summed E-state index contributed by atoms with van der Waals surface area (Å²) >= 11 is 0. The number of rotatable bonds is 6. The molecule has 3 heterocycles. The lowest BCUT2D eigenvalue weighted by molar-refractivity contribution is -0.274. The van der Waals surface area contributed by atoms with Gasteiger partial charge in [-0.3, -0.25) is 9.59 Å². The molecule has 0 saturated carbocycles. The lowest BCUT2D eigenvalue weighted by Gasteiger charge is -2.48. The summed E-state index contributed by atoms with van der Waals surface area (Å²) in [6.07, 6.45) is -2.75. The summed E-state index contributed by atoms with van der Waals surface area (Å²) in [4.78, 5) is 34.5. The first-order valence-electron chi connectivity index (χ1n) is 11.8. The van der Waals surface area contributed by atoms with Gasteiger partial charge < -0.3 is 19.8 Å². The number of primary amides is 1. The Kier molecular flexibility index (Phi) is 6.37. The van der Waals surface area contributed by atoms with Crippen LogP contribution in [0.4, 0.5) is 23.2 Å². The van der Waals surface area contributed by atoms with E-state index in [1.165, 1.54) is 37.5 Å². The Labute approximate surface area is 224 Å². The minimum Gasteiger partial charge on any atom is -0.438 e. The SMILES string of the molecule is Cn1ccc2c(Oc3ccccc3C3(C)CC(=O)N(c4ccccc4OC(F)(F)F)NC3(F)C(N)=O)ncnc21. The molecule has 3 N–H and O–H groups in total. The number of hydrogen-bond acceptors (Lipinski definition) is 7. The highest BCUT2D eigenvalue weighted by molar-refractivity contribution is 5.99. The molecule has 0 bridgehead atoms. The molecule has 208 valence electrons. The van der Waals surface area contributed by atoms with Gasteiger partial charge in [0.1, 0.15) is 23.4 Å². The molecule has 2 aromatic carbocycles. The Morgan fingerprint density at radius 2 is 1.75 bits per heavy atom. The molecule has 2 atom stereocenters. The van der Waals surface area contributed by atoms with Crippen molar-refractivity contribution in [1.82, 2.24) is 20.0 Å². The first-order valence-corrected chi connectivity index (χ1v) is 11.8. The third-order valence-electron chi connectivity index (χ3n) is 6.77. The van der Waals surface area contributed by atoms with Crippen molar-refractivity contribution in [3.63, 3.8) is 0 Å². The number of carbonyl (C=O) groups excluding carboxylic acids is 2. The van der Waals surface area contributed by atoms with E-state index in [-0.39, 0.29) is 17.2 Å². The monoisotopic (exact) mass is 558 g/mol. The lowest BCUT2D eigenvalue weighted by atomic mass is 9.69. The van der Waals surface area contributed by atoms with Gasteiger partial charge in [0.25, 0.3) is 11.7 Å². The number of para-hydroxylation sites is 3. The largest absolute Gasteiger partial charge is 0.573 e. The number of hydrogen-bond donors (Lipinski definition) is 2. The maximum atomic E-state index is 16.9. The molecule has 0 spiro atoms. The van der Waals surface area contributed by atoms with Crippen molar-refractivity contribution in [1.29, 1.82) is 0 Å². The van der Waals surface area contributed by atoms with E-state index in [0.717, 1.165) is 12.1 Å². The van der Waals surface area contributed by atoms with Crippen LogP contribution in [-0.4, -0.2) is 38.5 Å². The van der Waals surface area contributed by atoms with Gasteiger partial charge in [-0.1, -0.05) is 30.3 Å². The van der Waals surface area contributed by atoms with Gasteiger partial charge in [-0.25, -0.2) is 19.4 Å². The van der Waals surface area contributed by atoms with Crippen molar-refractivity contribution < 1.29 is 36.6 Å². The van der Waals surface area contributed by atoms with E-state index in [2.05, 4.69) is 20.1 Å². The summed E-state index contributed by atoms with van der Waals surface area (Å²) in [5, 5.41) is 1.05. The van der Waals surface area contributed by atoms with E-state index in [9.17, 15) is 22.8 Å². The van der Waals surface area contributed by atoms with Gasteiger partial charge in [0, 0.05) is 25.2 Å². The number of fused-ring (bicyclic) bond motifs is 1. The van der Waals surface area contributed by atoms with Gasteiger partial charge in [0.2, 0.25) is 11.8 Å². The number of anilines is 1. The predicted molar refractivity (Wildman–Crippen MR) is 134 cm³/mol. The fourth-order valence-electron chi connectivity index (χ4n) is 4.75. The van der Waals surface area contributed by atoms with Crippen LogP contribution in [0.15, 0.2) is 67.1 Å². The Morgan fingerprint density at radius 3 is 2.45 bits per heavy atom. The van der Waals surface area contributed by atoms with Crippen LogP contribution in [-0.2, 0) is 22.1 Å². The third-order valence-corrected chi connectivity index (χ3v) is 6.77. The third kappa shape index (κ3) is 4.45. The second-order valence-corrected chi connectivity index (χ2v) is 9.33. The molecule has 0 radical (unpaired) electrons. The second-order valence-electron chi connectivity index (χ2n) is 9.33. The molecular formula is C26H22F4N6O4. The van der Waals surface area contributed by atoms with Gasteiger partial charge in [0.15, 0.2) is 5.75 Å². The molecule has 2 amide bonds. The zero-order valence-corrected chi connectivity index (χ0v) is 21.1. The van der Waals surface area contributed by atoms with Crippen LogP contribution in [0.3, 0.4) is 0 Å². The van der Waals surface area contributed by atoms with E-state index in [0.29, 0.717) is 16.0 Å². The molecule has 1 fully saturated rings. The van der Waals surface area contributed by atoms with Crippen molar-refractivity contribution >= 4 is 28.5 Å².